The van der Waals surface area contributed by atoms with Crippen LogP contribution in [0.1, 0.15) is 44.9 Å². The third kappa shape index (κ3) is 4.64. The largest absolute Gasteiger partial charge is 0.376 e. The van der Waals surface area contributed by atoms with Crippen LogP contribution in [0.3, 0.4) is 0 Å². The Kier molecular flexibility index (Phi) is 6.27. The van der Waals surface area contributed by atoms with Gasteiger partial charge in [0.05, 0.1) is 6.10 Å². The van der Waals surface area contributed by atoms with Crippen molar-refractivity contribution < 1.29 is 9.53 Å². The van der Waals surface area contributed by atoms with E-state index in [1.165, 1.54) is 44.6 Å². The first kappa shape index (κ1) is 17.6. The average molecular weight is 341 g/mol. The standard InChI is InChI=1S/C18H32N2O2S/c1-23-13-3-9-19-10-7-18(8-11-19)6-5-17(21)20(15-18)14-16-4-2-12-22-16/h16H,2-15H2,1H3/t16-/m0/s1. The molecule has 4 nitrogen and oxygen atoms in total. The van der Waals surface area contributed by atoms with Gasteiger partial charge in [0.1, 0.15) is 0 Å². The number of hydrogen-bond acceptors (Lipinski definition) is 4. The molecule has 0 unspecified atom stereocenters. The number of hydrogen-bond donors (Lipinski definition) is 0. The smallest absolute Gasteiger partial charge is 0.222 e. The van der Waals surface area contributed by atoms with Gasteiger partial charge in [-0.1, -0.05) is 0 Å². The van der Waals surface area contributed by atoms with Gasteiger partial charge in [-0.3, -0.25) is 4.79 Å². The Hall–Kier alpha value is -0.260. The summed E-state index contributed by atoms with van der Waals surface area (Å²) in [5.74, 6) is 1.62. The van der Waals surface area contributed by atoms with Crippen molar-refractivity contribution in [2.45, 2.75) is 51.0 Å². The van der Waals surface area contributed by atoms with Crippen LogP contribution >= 0.6 is 11.8 Å². The van der Waals surface area contributed by atoms with E-state index in [4.69, 9.17) is 4.74 Å². The van der Waals surface area contributed by atoms with E-state index in [0.717, 1.165) is 45.4 Å². The lowest BCUT2D eigenvalue weighted by Gasteiger charge is -2.48. The lowest BCUT2D eigenvalue weighted by molar-refractivity contribution is -0.141. The van der Waals surface area contributed by atoms with Crippen LogP contribution in [0.5, 0.6) is 0 Å². The van der Waals surface area contributed by atoms with E-state index in [0.29, 0.717) is 17.4 Å². The van der Waals surface area contributed by atoms with Gasteiger partial charge >= 0.3 is 0 Å². The van der Waals surface area contributed by atoms with Gasteiger partial charge in [0.2, 0.25) is 5.91 Å². The molecule has 0 aromatic rings. The highest BCUT2D eigenvalue weighted by Gasteiger charge is 2.41. The third-order valence-corrected chi connectivity index (χ3v) is 6.63. The molecule has 1 spiro atoms. The summed E-state index contributed by atoms with van der Waals surface area (Å²) in [5, 5.41) is 0. The summed E-state index contributed by atoms with van der Waals surface area (Å²) in [5.41, 5.74) is 0.391. The molecule has 3 aliphatic heterocycles. The van der Waals surface area contributed by atoms with Gasteiger partial charge < -0.3 is 14.5 Å². The molecular formula is C18H32N2O2S. The number of amides is 1. The van der Waals surface area contributed by atoms with Crippen molar-refractivity contribution in [3.63, 3.8) is 0 Å². The van der Waals surface area contributed by atoms with Crippen molar-refractivity contribution in [3.8, 4) is 0 Å². The molecule has 1 amide bonds. The zero-order valence-electron chi connectivity index (χ0n) is 14.6. The number of carbonyl (C=O) groups excluding carboxylic acids is 1. The monoisotopic (exact) mass is 340 g/mol. The fourth-order valence-corrected chi connectivity index (χ4v) is 4.81. The van der Waals surface area contributed by atoms with Gasteiger partial charge in [-0.2, -0.15) is 11.8 Å². The molecule has 1 atom stereocenters. The molecule has 0 bridgehead atoms. The molecule has 132 valence electrons. The molecular weight excluding hydrogens is 308 g/mol. The van der Waals surface area contributed by atoms with Crippen LogP contribution in [-0.2, 0) is 9.53 Å². The molecule has 0 aromatic heterocycles. The summed E-state index contributed by atoms with van der Waals surface area (Å²) < 4.78 is 5.75. The Bertz CT molecular complexity index is 390. The van der Waals surface area contributed by atoms with Gasteiger partial charge in [0.25, 0.3) is 0 Å². The Morgan fingerprint density at radius 2 is 2.13 bits per heavy atom. The van der Waals surface area contributed by atoms with E-state index in [1.807, 2.05) is 11.8 Å². The van der Waals surface area contributed by atoms with E-state index >= 15 is 0 Å². The predicted octanol–water partition coefficient (Wildman–Crippen LogP) is 2.62. The van der Waals surface area contributed by atoms with Crippen molar-refractivity contribution in [1.29, 1.82) is 0 Å². The summed E-state index contributed by atoms with van der Waals surface area (Å²) in [7, 11) is 0. The van der Waals surface area contributed by atoms with Gasteiger partial charge in [-0.05, 0) is 75.6 Å². The summed E-state index contributed by atoms with van der Waals surface area (Å²) in [6, 6.07) is 0. The first-order valence-corrected chi connectivity index (χ1v) is 10.7. The van der Waals surface area contributed by atoms with Crippen molar-refractivity contribution >= 4 is 17.7 Å². The Balaban J connectivity index is 1.48. The van der Waals surface area contributed by atoms with E-state index in [9.17, 15) is 4.79 Å². The Morgan fingerprint density at radius 3 is 2.83 bits per heavy atom. The molecule has 23 heavy (non-hydrogen) atoms. The predicted molar refractivity (Wildman–Crippen MR) is 95.9 cm³/mol. The second-order valence-electron chi connectivity index (χ2n) is 7.60. The van der Waals surface area contributed by atoms with Crippen molar-refractivity contribution in [2.24, 2.45) is 5.41 Å². The third-order valence-electron chi connectivity index (χ3n) is 5.94. The van der Waals surface area contributed by atoms with Gasteiger partial charge in [-0.15, -0.1) is 0 Å². The highest BCUT2D eigenvalue weighted by atomic mass is 32.2. The fourth-order valence-electron chi connectivity index (χ4n) is 4.39. The van der Waals surface area contributed by atoms with Crippen molar-refractivity contribution in [1.82, 2.24) is 9.80 Å². The van der Waals surface area contributed by atoms with Crippen LogP contribution in [0.4, 0.5) is 0 Å². The summed E-state index contributed by atoms with van der Waals surface area (Å²) in [6.45, 7) is 6.37. The minimum Gasteiger partial charge on any atom is -0.376 e. The van der Waals surface area contributed by atoms with Crippen LogP contribution < -0.4 is 0 Å². The van der Waals surface area contributed by atoms with E-state index in [1.54, 1.807) is 0 Å². The van der Waals surface area contributed by atoms with Crippen LogP contribution in [0, 0.1) is 5.41 Å². The van der Waals surface area contributed by atoms with E-state index < -0.39 is 0 Å². The van der Waals surface area contributed by atoms with Crippen molar-refractivity contribution in [2.75, 3.05) is 51.3 Å². The maximum Gasteiger partial charge on any atom is 0.222 e. The van der Waals surface area contributed by atoms with Crippen LogP contribution in [0.2, 0.25) is 0 Å². The molecule has 0 radical (unpaired) electrons. The molecule has 5 heteroatoms. The first-order valence-electron chi connectivity index (χ1n) is 9.31. The maximum absolute atomic E-state index is 12.3. The summed E-state index contributed by atoms with van der Waals surface area (Å²) in [6.07, 6.45) is 10.4. The molecule has 3 heterocycles. The molecule has 0 N–H and O–H groups in total. The average Bonchev–Trinajstić information content (AvgIpc) is 3.07. The fraction of sp³-hybridized carbons (Fsp3) is 0.944. The molecule has 0 aliphatic carbocycles. The highest BCUT2D eigenvalue weighted by Crippen LogP contribution is 2.40. The van der Waals surface area contributed by atoms with Gasteiger partial charge in [0, 0.05) is 26.1 Å². The zero-order valence-corrected chi connectivity index (χ0v) is 15.4. The first-order chi connectivity index (χ1) is 11.2. The SMILES string of the molecule is CSCCCN1CCC2(CCC(=O)N(C[C@@H]3CCCO3)C2)CC1. The van der Waals surface area contributed by atoms with Crippen molar-refractivity contribution in [3.05, 3.63) is 0 Å². The van der Waals surface area contributed by atoms with Crippen LogP contribution in [-0.4, -0.2) is 73.2 Å². The Morgan fingerprint density at radius 1 is 1.30 bits per heavy atom. The number of nitrogens with zero attached hydrogens (tertiary/aromatic N) is 2. The number of rotatable bonds is 6. The molecule has 0 saturated carbocycles. The lowest BCUT2D eigenvalue weighted by Crippen LogP contribution is -2.53. The molecule has 0 aromatic carbocycles. The molecule has 3 fully saturated rings. The quantitative estimate of drug-likeness (QED) is 0.696. The number of thioether (sulfide) groups is 1. The minimum atomic E-state index is 0.292. The maximum atomic E-state index is 12.3. The molecule has 3 saturated heterocycles. The second-order valence-corrected chi connectivity index (χ2v) is 8.58. The molecule has 3 rings (SSSR count). The normalized spacial score (nSPS) is 28.7. The highest BCUT2D eigenvalue weighted by molar-refractivity contribution is 7.98. The van der Waals surface area contributed by atoms with Crippen LogP contribution in [0.15, 0.2) is 0 Å². The summed E-state index contributed by atoms with van der Waals surface area (Å²) in [4.78, 5) is 17.1. The minimum absolute atomic E-state index is 0.292. The van der Waals surface area contributed by atoms with Gasteiger partial charge in [-0.25, -0.2) is 0 Å². The topological polar surface area (TPSA) is 32.8 Å². The number of likely N-dealkylation sites (tertiary alicyclic amines) is 2. The molecule has 3 aliphatic rings. The number of piperidine rings is 2. The second kappa shape index (κ2) is 8.21. The zero-order chi connectivity index (χ0) is 16.1. The lowest BCUT2D eigenvalue weighted by atomic mass is 9.72. The number of ether oxygens (including phenoxy) is 1. The Labute approximate surface area is 145 Å². The van der Waals surface area contributed by atoms with E-state index in [2.05, 4.69) is 16.1 Å². The number of carbonyl (C=O) groups is 1. The summed E-state index contributed by atoms with van der Waals surface area (Å²) >= 11 is 1.94. The van der Waals surface area contributed by atoms with E-state index in [-0.39, 0.29) is 0 Å². The van der Waals surface area contributed by atoms with Gasteiger partial charge in [0.15, 0.2) is 0 Å². The van der Waals surface area contributed by atoms with Crippen LogP contribution in [0.25, 0.3) is 0 Å².